The van der Waals surface area contributed by atoms with Crippen molar-refractivity contribution in [3.63, 3.8) is 0 Å². The van der Waals surface area contributed by atoms with Gasteiger partial charge < -0.3 is 24.4 Å². The van der Waals surface area contributed by atoms with Crippen LogP contribution in [0.25, 0.3) is 0 Å². The monoisotopic (exact) mass is 484 g/mol. The maximum atomic E-state index is 14.2. The third-order valence-electron chi connectivity index (χ3n) is 6.33. The molecule has 1 spiro atoms. The van der Waals surface area contributed by atoms with Crippen LogP contribution < -0.4 is 19.5 Å². The molecule has 1 N–H and O–H groups in total. The fourth-order valence-electron chi connectivity index (χ4n) is 4.69. The van der Waals surface area contributed by atoms with Gasteiger partial charge in [0.05, 0.1) is 14.2 Å². The number of carbonyl (C=O) groups is 2. The summed E-state index contributed by atoms with van der Waals surface area (Å²) in [6.45, 7) is 3.98. The Balaban J connectivity index is 1.65. The lowest BCUT2D eigenvalue weighted by atomic mass is 9.74. The number of amides is 1. The Morgan fingerprint density at radius 3 is 2.58 bits per heavy atom. The van der Waals surface area contributed by atoms with Crippen molar-refractivity contribution >= 4 is 23.1 Å². The van der Waals surface area contributed by atoms with Gasteiger partial charge in [-0.2, -0.15) is 0 Å². The second-order valence-corrected chi connectivity index (χ2v) is 8.27. The molecule has 0 radical (unpaired) electrons. The molecule has 3 aromatic rings. The molecule has 2 aliphatic heterocycles. The SMILES string of the molecule is C=CCOc1ccc(C(=O)C2C(c3cccc(OC)c3OC)=NOC23C(=O)Nc2ccccc23)cc1. The van der Waals surface area contributed by atoms with Crippen molar-refractivity contribution < 1.29 is 28.6 Å². The number of nitrogens with zero attached hydrogens (tertiary/aromatic N) is 1. The number of Topliss-reactive ketones (excluding diaryl/α,β-unsaturated/α-hetero) is 1. The number of carbonyl (C=O) groups excluding carboxylic acids is 2. The fraction of sp³-hybridized carbons (Fsp3) is 0.179. The van der Waals surface area contributed by atoms with Gasteiger partial charge >= 0.3 is 0 Å². The molecular formula is C28H24N2O6. The number of benzene rings is 3. The van der Waals surface area contributed by atoms with Gasteiger partial charge in [-0.15, -0.1) is 0 Å². The van der Waals surface area contributed by atoms with E-state index < -0.39 is 17.4 Å². The highest BCUT2D eigenvalue weighted by molar-refractivity contribution is 6.25. The van der Waals surface area contributed by atoms with Crippen LogP contribution >= 0.6 is 0 Å². The van der Waals surface area contributed by atoms with Crippen LogP contribution in [0.5, 0.6) is 17.2 Å². The molecule has 0 fully saturated rings. The smallest absolute Gasteiger partial charge is 0.277 e. The van der Waals surface area contributed by atoms with Crippen LogP contribution in [0.3, 0.4) is 0 Å². The molecule has 2 atom stereocenters. The zero-order chi connectivity index (χ0) is 25.3. The van der Waals surface area contributed by atoms with Gasteiger partial charge in [0.2, 0.25) is 0 Å². The molecule has 8 nitrogen and oxygen atoms in total. The first-order chi connectivity index (χ1) is 17.5. The first kappa shape index (κ1) is 23.2. The Morgan fingerprint density at radius 2 is 1.86 bits per heavy atom. The second kappa shape index (κ2) is 9.22. The Morgan fingerprint density at radius 1 is 1.08 bits per heavy atom. The Kier molecular flexibility index (Phi) is 5.93. The minimum atomic E-state index is -1.67. The molecule has 1 amide bonds. The lowest BCUT2D eigenvalue weighted by molar-refractivity contribution is -0.140. The summed E-state index contributed by atoms with van der Waals surface area (Å²) in [5.41, 5.74) is 0.588. The molecule has 0 aromatic heterocycles. The summed E-state index contributed by atoms with van der Waals surface area (Å²) in [6, 6.07) is 19.1. The predicted octanol–water partition coefficient (Wildman–Crippen LogP) is 4.35. The van der Waals surface area contributed by atoms with Crippen molar-refractivity contribution in [2.24, 2.45) is 11.1 Å². The molecule has 36 heavy (non-hydrogen) atoms. The molecule has 0 saturated heterocycles. The first-order valence-electron chi connectivity index (χ1n) is 11.3. The number of fused-ring (bicyclic) bond motifs is 2. The number of ether oxygens (including phenoxy) is 3. The summed E-state index contributed by atoms with van der Waals surface area (Å²) in [7, 11) is 3.03. The van der Waals surface area contributed by atoms with Gasteiger partial charge in [-0.3, -0.25) is 9.59 Å². The molecule has 182 valence electrons. The summed E-state index contributed by atoms with van der Waals surface area (Å²) in [5, 5.41) is 7.17. The number of hydrogen-bond donors (Lipinski definition) is 1. The van der Waals surface area contributed by atoms with Gasteiger partial charge in [0, 0.05) is 22.4 Å². The quantitative estimate of drug-likeness (QED) is 0.377. The zero-order valence-corrected chi connectivity index (χ0v) is 19.8. The topological polar surface area (TPSA) is 95.5 Å². The first-order valence-corrected chi connectivity index (χ1v) is 11.3. The number of methoxy groups -OCH3 is 2. The average Bonchev–Trinajstić information content (AvgIpc) is 3.45. The Bertz CT molecular complexity index is 1380. The standard InChI is InChI=1S/C28H24N2O6/c1-4-16-35-18-14-12-17(13-15-18)25(31)23-24(19-8-7-11-22(33-2)26(19)34-3)30-36-28(23)20-9-5-6-10-21(20)29-27(28)32/h4-15,23H,1,16H2,2-3H3,(H,29,32). The van der Waals surface area contributed by atoms with Crippen LogP contribution in [0.2, 0.25) is 0 Å². The number of anilines is 1. The van der Waals surface area contributed by atoms with Crippen LogP contribution in [0, 0.1) is 5.92 Å². The maximum absolute atomic E-state index is 14.2. The van der Waals surface area contributed by atoms with E-state index in [2.05, 4.69) is 17.1 Å². The summed E-state index contributed by atoms with van der Waals surface area (Å²) in [6.07, 6.45) is 1.64. The lowest BCUT2D eigenvalue weighted by Gasteiger charge is -2.27. The molecule has 2 heterocycles. The molecule has 8 heteroatoms. The van der Waals surface area contributed by atoms with E-state index in [-0.39, 0.29) is 11.5 Å². The second-order valence-electron chi connectivity index (χ2n) is 8.27. The van der Waals surface area contributed by atoms with Crippen molar-refractivity contribution in [1.82, 2.24) is 0 Å². The number of rotatable bonds is 8. The molecular weight excluding hydrogens is 460 g/mol. The number of ketones is 1. The van der Waals surface area contributed by atoms with Crippen LogP contribution in [0.4, 0.5) is 5.69 Å². The molecule has 2 unspecified atom stereocenters. The van der Waals surface area contributed by atoms with Gasteiger partial charge in [0.25, 0.3) is 11.5 Å². The van der Waals surface area contributed by atoms with E-state index in [9.17, 15) is 9.59 Å². The average molecular weight is 485 g/mol. The summed E-state index contributed by atoms with van der Waals surface area (Å²) in [5.74, 6) is -0.452. The Labute approximate surface area is 208 Å². The normalized spacial score (nSPS) is 19.7. The van der Waals surface area contributed by atoms with Gasteiger partial charge in [0.1, 0.15) is 24.0 Å². The Hall–Kier alpha value is -4.59. The highest BCUT2D eigenvalue weighted by Gasteiger charge is 2.63. The lowest BCUT2D eigenvalue weighted by Crippen LogP contribution is -2.46. The van der Waals surface area contributed by atoms with E-state index in [1.54, 1.807) is 72.8 Å². The summed E-state index contributed by atoms with van der Waals surface area (Å²) < 4.78 is 16.6. The zero-order valence-electron chi connectivity index (χ0n) is 19.8. The molecule has 3 aromatic carbocycles. The van der Waals surface area contributed by atoms with E-state index in [1.165, 1.54) is 14.2 Å². The van der Waals surface area contributed by atoms with Gasteiger partial charge in [0.15, 0.2) is 17.3 Å². The number of para-hydroxylation sites is 2. The fourth-order valence-corrected chi connectivity index (χ4v) is 4.69. The van der Waals surface area contributed by atoms with Crippen LogP contribution in [-0.2, 0) is 15.2 Å². The van der Waals surface area contributed by atoms with Gasteiger partial charge in [-0.1, -0.05) is 42.1 Å². The maximum Gasteiger partial charge on any atom is 0.277 e. The van der Waals surface area contributed by atoms with Gasteiger partial charge in [-0.05, 0) is 42.5 Å². The number of hydrogen-bond acceptors (Lipinski definition) is 7. The number of nitrogens with one attached hydrogen (secondary N) is 1. The third kappa shape index (κ3) is 3.50. The minimum Gasteiger partial charge on any atom is -0.493 e. The molecule has 0 bridgehead atoms. The van der Waals surface area contributed by atoms with Crippen molar-refractivity contribution in [2.45, 2.75) is 5.60 Å². The van der Waals surface area contributed by atoms with E-state index >= 15 is 0 Å². The van der Waals surface area contributed by atoms with E-state index in [0.717, 1.165) is 0 Å². The molecule has 0 saturated carbocycles. The molecule has 2 aliphatic rings. The van der Waals surface area contributed by atoms with E-state index in [1.807, 2.05) is 0 Å². The highest BCUT2D eigenvalue weighted by Crippen LogP contribution is 2.51. The molecule has 0 aliphatic carbocycles. The largest absolute Gasteiger partial charge is 0.493 e. The van der Waals surface area contributed by atoms with Crippen LogP contribution in [-0.4, -0.2) is 38.2 Å². The van der Waals surface area contributed by atoms with Crippen molar-refractivity contribution in [3.8, 4) is 17.2 Å². The summed E-state index contributed by atoms with van der Waals surface area (Å²) in [4.78, 5) is 33.6. The minimum absolute atomic E-state index is 0.273. The predicted molar refractivity (Wildman–Crippen MR) is 134 cm³/mol. The van der Waals surface area contributed by atoms with Crippen LogP contribution in [0.15, 0.2) is 84.5 Å². The third-order valence-corrected chi connectivity index (χ3v) is 6.33. The van der Waals surface area contributed by atoms with Crippen molar-refractivity contribution in [2.75, 3.05) is 26.1 Å². The summed E-state index contributed by atoms with van der Waals surface area (Å²) >= 11 is 0. The van der Waals surface area contributed by atoms with Crippen LogP contribution in [0.1, 0.15) is 21.5 Å². The highest BCUT2D eigenvalue weighted by atomic mass is 16.7. The van der Waals surface area contributed by atoms with Crippen molar-refractivity contribution in [3.05, 3.63) is 96.1 Å². The van der Waals surface area contributed by atoms with E-state index in [4.69, 9.17) is 19.0 Å². The van der Waals surface area contributed by atoms with E-state index in [0.29, 0.717) is 46.2 Å². The van der Waals surface area contributed by atoms with Crippen molar-refractivity contribution in [1.29, 1.82) is 0 Å². The molecule has 5 rings (SSSR count). The number of oxime groups is 1. The van der Waals surface area contributed by atoms with Gasteiger partial charge in [-0.25, -0.2) is 0 Å².